The fraction of sp³-hybridized carbons (Fsp3) is 0.381. The summed E-state index contributed by atoms with van der Waals surface area (Å²) in [6, 6.07) is 16.4. The molecule has 25 heavy (non-hydrogen) atoms. The van der Waals surface area contributed by atoms with E-state index in [1.807, 2.05) is 29.2 Å². The van der Waals surface area contributed by atoms with Crippen LogP contribution in [0, 0.1) is 0 Å². The minimum atomic E-state index is -0.450. The van der Waals surface area contributed by atoms with Crippen molar-refractivity contribution in [3.05, 3.63) is 65.2 Å². The van der Waals surface area contributed by atoms with Gasteiger partial charge < -0.3 is 15.0 Å². The quantitative estimate of drug-likeness (QED) is 0.864. The Kier molecular flexibility index (Phi) is 4.22. The van der Waals surface area contributed by atoms with Crippen molar-refractivity contribution in [2.24, 2.45) is 0 Å². The van der Waals surface area contributed by atoms with Gasteiger partial charge in [-0.25, -0.2) is 0 Å². The van der Waals surface area contributed by atoms with E-state index >= 15 is 0 Å². The van der Waals surface area contributed by atoms with Gasteiger partial charge in [-0.1, -0.05) is 36.4 Å². The van der Waals surface area contributed by atoms with Gasteiger partial charge in [-0.15, -0.1) is 0 Å². The lowest BCUT2D eigenvalue weighted by Crippen LogP contribution is -2.59. The molecule has 0 saturated heterocycles. The van der Waals surface area contributed by atoms with Crippen LogP contribution in [-0.4, -0.2) is 31.1 Å². The molecule has 4 heteroatoms. The lowest BCUT2D eigenvalue weighted by atomic mass is 9.79. The standard InChI is InChI=1S/C21H24N2O2/c1-25-15-7-14-23-20(24)17-10-3-5-12-19(17)22-21(23)13-6-9-16-8-2-4-11-18(16)21/h2-5,8,10-12,22H,6-7,9,13-15H2,1H3. The summed E-state index contributed by atoms with van der Waals surface area (Å²) in [5, 5.41) is 3.74. The van der Waals surface area contributed by atoms with E-state index < -0.39 is 5.66 Å². The first-order valence-electron chi connectivity index (χ1n) is 9.03. The van der Waals surface area contributed by atoms with Crippen LogP contribution in [0.3, 0.4) is 0 Å². The van der Waals surface area contributed by atoms with Gasteiger partial charge in [-0.2, -0.15) is 0 Å². The summed E-state index contributed by atoms with van der Waals surface area (Å²) >= 11 is 0. The number of methoxy groups -OCH3 is 1. The molecule has 2 aromatic rings. The first-order valence-corrected chi connectivity index (χ1v) is 9.03. The van der Waals surface area contributed by atoms with Crippen molar-refractivity contribution in [1.29, 1.82) is 0 Å². The molecule has 0 bridgehead atoms. The SMILES string of the molecule is COCCCN1C(=O)c2ccccc2NC12CCCc1ccccc12. The number of aryl methyl sites for hydroxylation is 1. The normalized spacial score (nSPS) is 21.6. The number of para-hydroxylation sites is 1. The predicted octanol–water partition coefficient (Wildman–Crippen LogP) is 3.78. The molecule has 1 aliphatic heterocycles. The van der Waals surface area contributed by atoms with E-state index in [4.69, 9.17) is 4.74 Å². The second-order valence-corrected chi connectivity index (χ2v) is 6.84. The Morgan fingerprint density at radius 1 is 1.16 bits per heavy atom. The molecule has 1 unspecified atom stereocenters. The van der Waals surface area contributed by atoms with Gasteiger partial charge in [-0.3, -0.25) is 4.79 Å². The van der Waals surface area contributed by atoms with E-state index in [-0.39, 0.29) is 5.91 Å². The minimum absolute atomic E-state index is 0.113. The Morgan fingerprint density at radius 3 is 2.84 bits per heavy atom. The van der Waals surface area contributed by atoms with Gasteiger partial charge >= 0.3 is 0 Å². The number of amides is 1. The van der Waals surface area contributed by atoms with E-state index in [9.17, 15) is 4.79 Å². The maximum atomic E-state index is 13.3. The summed E-state index contributed by atoms with van der Waals surface area (Å²) in [6.07, 6.45) is 3.90. The minimum Gasteiger partial charge on any atom is -0.385 e. The van der Waals surface area contributed by atoms with E-state index in [0.717, 1.165) is 36.9 Å². The molecular formula is C21H24N2O2. The Bertz CT molecular complexity index is 789. The molecule has 0 aromatic heterocycles. The summed E-state index contributed by atoms with van der Waals surface area (Å²) in [6.45, 7) is 1.34. The van der Waals surface area contributed by atoms with E-state index in [1.165, 1.54) is 11.1 Å². The molecule has 4 rings (SSSR count). The number of hydrogen-bond donors (Lipinski definition) is 1. The molecule has 1 atom stereocenters. The van der Waals surface area contributed by atoms with Crippen LogP contribution in [-0.2, 0) is 16.8 Å². The van der Waals surface area contributed by atoms with Crippen molar-refractivity contribution in [2.75, 3.05) is 25.6 Å². The molecule has 2 aliphatic rings. The van der Waals surface area contributed by atoms with Gasteiger partial charge in [-0.05, 0) is 43.4 Å². The highest BCUT2D eigenvalue weighted by Crippen LogP contribution is 2.45. The second-order valence-electron chi connectivity index (χ2n) is 6.84. The van der Waals surface area contributed by atoms with Crippen molar-refractivity contribution in [1.82, 2.24) is 4.90 Å². The zero-order valence-corrected chi connectivity index (χ0v) is 14.6. The molecule has 1 amide bonds. The van der Waals surface area contributed by atoms with Gasteiger partial charge in [0.15, 0.2) is 0 Å². The summed E-state index contributed by atoms with van der Waals surface area (Å²) in [5.74, 6) is 0.113. The molecule has 1 aliphatic carbocycles. The Hall–Kier alpha value is -2.33. The van der Waals surface area contributed by atoms with Gasteiger partial charge in [0, 0.05) is 31.5 Å². The molecule has 1 heterocycles. The number of carbonyl (C=O) groups excluding carboxylic acids is 1. The fourth-order valence-electron chi connectivity index (χ4n) is 4.27. The molecule has 1 spiro atoms. The van der Waals surface area contributed by atoms with Crippen molar-refractivity contribution in [2.45, 2.75) is 31.3 Å². The molecule has 0 fully saturated rings. The molecule has 4 nitrogen and oxygen atoms in total. The summed E-state index contributed by atoms with van der Waals surface area (Å²) in [4.78, 5) is 15.4. The van der Waals surface area contributed by atoms with Crippen molar-refractivity contribution in [3.8, 4) is 0 Å². The number of ether oxygens (including phenoxy) is 1. The number of hydrogen-bond acceptors (Lipinski definition) is 3. The number of nitrogens with one attached hydrogen (secondary N) is 1. The summed E-state index contributed by atoms with van der Waals surface area (Å²) in [5.41, 5.74) is 3.82. The number of nitrogens with zero attached hydrogens (tertiary/aromatic N) is 1. The monoisotopic (exact) mass is 336 g/mol. The molecule has 130 valence electrons. The second kappa shape index (κ2) is 6.52. The third-order valence-corrected chi connectivity index (χ3v) is 5.38. The fourth-order valence-corrected chi connectivity index (χ4v) is 4.27. The Balaban J connectivity index is 1.83. The predicted molar refractivity (Wildman–Crippen MR) is 98.7 cm³/mol. The van der Waals surface area contributed by atoms with Crippen LogP contribution in [0.4, 0.5) is 5.69 Å². The average molecular weight is 336 g/mol. The van der Waals surface area contributed by atoms with Gasteiger partial charge in [0.05, 0.1) is 5.56 Å². The number of anilines is 1. The van der Waals surface area contributed by atoms with E-state index in [0.29, 0.717) is 13.2 Å². The first kappa shape index (κ1) is 16.2. The summed E-state index contributed by atoms with van der Waals surface area (Å²) < 4.78 is 5.22. The van der Waals surface area contributed by atoms with Gasteiger partial charge in [0.25, 0.3) is 5.91 Å². The lowest BCUT2D eigenvalue weighted by Gasteiger charge is -2.51. The van der Waals surface area contributed by atoms with E-state index in [1.54, 1.807) is 7.11 Å². The van der Waals surface area contributed by atoms with Crippen molar-refractivity contribution >= 4 is 11.6 Å². The van der Waals surface area contributed by atoms with Crippen LogP contribution >= 0.6 is 0 Å². The highest BCUT2D eigenvalue weighted by Gasteiger charge is 2.47. The van der Waals surface area contributed by atoms with Crippen molar-refractivity contribution < 1.29 is 9.53 Å². The van der Waals surface area contributed by atoms with Crippen LogP contribution in [0.2, 0.25) is 0 Å². The highest BCUT2D eigenvalue weighted by atomic mass is 16.5. The molecule has 2 aromatic carbocycles. The maximum Gasteiger partial charge on any atom is 0.258 e. The van der Waals surface area contributed by atoms with Crippen LogP contribution < -0.4 is 5.32 Å². The third kappa shape index (κ3) is 2.61. The molecule has 0 radical (unpaired) electrons. The maximum absolute atomic E-state index is 13.3. The van der Waals surface area contributed by atoms with Crippen LogP contribution in [0.25, 0.3) is 0 Å². The zero-order chi connectivity index (χ0) is 17.3. The number of rotatable bonds is 4. The molecule has 1 N–H and O–H groups in total. The third-order valence-electron chi connectivity index (χ3n) is 5.38. The molecule has 0 saturated carbocycles. The zero-order valence-electron chi connectivity index (χ0n) is 14.6. The first-order chi connectivity index (χ1) is 12.3. The number of fused-ring (bicyclic) bond motifs is 3. The van der Waals surface area contributed by atoms with Crippen LogP contribution in [0.1, 0.15) is 40.7 Å². The van der Waals surface area contributed by atoms with Gasteiger partial charge in [0.2, 0.25) is 0 Å². The van der Waals surface area contributed by atoms with Crippen molar-refractivity contribution in [3.63, 3.8) is 0 Å². The van der Waals surface area contributed by atoms with Gasteiger partial charge in [0.1, 0.15) is 5.66 Å². The Labute approximate surface area is 148 Å². The lowest BCUT2D eigenvalue weighted by molar-refractivity contribution is 0.0415. The average Bonchev–Trinajstić information content (AvgIpc) is 2.65. The number of carbonyl (C=O) groups is 1. The Morgan fingerprint density at radius 2 is 1.96 bits per heavy atom. The smallest absolute Gasteiger partial charge is 0.258 e. The van der Waals surface area contributed by atoms with Crippen LogP contribution in [0.5, 0.6) is 0 Å². The summed E-state index contributed by atoms with van der Waals surface area (Å²) in [7, 11) is 1.71. The van der Waals surface area contributed by atoms with Crippen LogP contribution in [0.15, 0.2) is 48.5 Å². The largest absolute Gasteiger partial charge is 0.385 e. The number of benzene rings is 2. The van der Waals surface area contributed by atoms with E-state index in [2.05, 4.69) is 29.6 Å². The molecular weight excluding hydrogens is 312 g/mol. The topological polar surface area (TPSA) is 41.6 Å². The highest BCUT2D eigenvalue weighted by molar-refractivity contribution is 6.02.